The summed E-state index contributed by atoms with van der Waals surface area (Å²) in [6.45, 7) is 1.91. The van der Waals surface area contributed by atoms with Crippen molar-refractivity contribution in [3.8, 4) is 0 Å². The van der Waals surface area contributed by atoms with E-state index in [-0.39, 0.29) is 0 Å². The highest BCUT2D eigenvalue weighted by atomic mass is 32.2. The number of piperidine rings is 1. The summed E-state index contributed by atoms with van der Waals surface area (Å²) in [4.78, 5) is 6.78. The number of nitrogens with zero attached hydrogens (tertiary/aromatic N) is 5. The van der Waals surface area contributed by atoms with Gasteiger partial charge in [0.05, 0.1) is 6.54 Å². The zero-order chi connectivity index (χ0) is 17.1. The van der Waals surface area contributed by atoms with Crippen LogP contribution in [-0.2, 0) is 13.6 Å². The Balaban J connectivity index is 1.46. The molecule has 1 fully saturated rings. The Morgan fingerprint density at radius 2 is 2.24 bits per heavy atom. The second-order valence-electron chi connectivity index (χ2n) is 6.32. The van der Waals surface area contributed by atoms with Crippen molar-refractivity contribution in [3.05, 3.63) is 54.3 Å². The number of furan rings is 1. The third-order valence-corrected chi connectivity index (χ3v) is 5.51. The lowest BCUT2D eigenvalue weighted by Crippen LogP contribution is -2.32. The van der Waals surface area contributed by atoms with Gasteiger partial charge in [0.1, 0.15) is 12.1 Å². The first-order valence-corrected chi connectivity index (χ1v) is 9.36. The summed E-state index contributed by atoms with van der Waals surface area (Å²) in [7, 11) is 1.93. The summed E-state index contributed by atoms with van der Waals surface area (Å²) in [6.07, 6.45) is 9.19. The predicted octanol–water partition coefficient (Wildman–Crippen LogP) is 3.68. The van der Waals surface area contributed by atoms with Crippen LogP contribution in [0.4, 0.5) is 0 Å². The molecule has 25 heavy (non-hydrogen) atoms. The number of hydrogen-bond donors (Lipinski definition) is 0. The van der Waals surface area contributed by atoms with Crippen molar-refractivity contribution < 1.29 is 4.42 Å². The molecular weight excluding hydrogens is 334 g/mol. The second kappa shape index (κ2) is 7.41. The first-order valence-electron chi connectivity index (χ1n) is 8.54. The Bertz CT molecular complexity index is 816. The zero-order valence-corrected chi connectivity index (χ0v) is 15.0. The number of pyridine rings is 1. The fourth-order valence-electron chi connectivity index (χ4n) is 3.28. The van der Waals surface area contributed by atoms with Gasteiger partial charge in [0.25, 0.3) is 0 Å². The molecule has 1 atom stereocenters. The molecule has 3 aromatic heterocycles. The van der Waals surface area contributed by atoms with Gasteiger partial charge < -0.3 is 8.98 Å². The minimum atomic E-state index is 0.419. The summed E-state index contributed by atoms with van der Waals surface area (Å²) < 4.78 is 7.91. The number of hydrogen-bond acceptors (Lipinski definition) is 6. The van der Waals surface area contributed by atoms with Crippen molar-refractivity contribution in [2.45, 2.75) is 42.1 Å². The summed E-state index contributed by atoms with van der Waals surface area (Å²) in [6, 6.07) is 8.69. The average molecular weight is 355 g/mol. The third-order valence-electron chi connectivity index (χ3n) is 4.54. The quantitative estimate of drug-likeness (QED) is 0.696. The number of aromatic nitrogens is 4. The SMILES string of the molecule is Cn1cnnc1Sc1ccc(CN2CCCCC2c2cccnc2)o1. The molecule has 3 aromatic rings. The molecule has 0 N–H and O–H groups in total. The topological polar surface area (TPSA) is 60.0 Å². The van der Waals surface area contributed by atoms with Gasteiger partial charge in [0.2, 0.25) is 0 Å². The van der Waals surface area contributed by atoms with E-state index in [9.17, 15) is 0 Å². The van der Waals surface area contributed by atoms with Crippen molar-refractivity contribution in [2.75, 3.05) is 6.54 Å². The Morgan fingerprint density at radius 3 is 3.04 bits per heavy atom. The van der Waals surface area contributed by atoms with Gasteiger partial charge in [-0.05, 0) is 54.9 Å². The Kier molecular flexibility index (Phi) is 4.85. The molecule has 6 nitrogen and oxygen atoms in total. The Labute approximate surface area is 151 Å². The maximum absolute atomic E-state index is 6.02. The van der Waals surface area contributed by atoms with Crippen molar-refractivity contribution in [1.82, 2.24) is 24.6 Å². The third kappa shape index (κ3) is 3.77. The molecule has 0 aromatic carbocycles. The van der Waals surface area contributed by atoms with Crippen LogP contribution in [-0.4, -0.2) is 31.2 Å². The highest BCUT2D eigenvalue weighted by molar-refractivity contribution is 7.99. The summed E-state index contributed by atoms with van der Waals surface area (Å²) >= 11 is 1.50. The van der Waals surface area contributed by atoms with Crippen LogP contribution >= 0.6 is 11.8 Å². The lowest BCUT2D eigenvalue weighted by molar-refractivity contribution is 0.128. The van der Waals surface area contributed by atoms with Gasteiger partial charge in [0.15, 0.2) is 10.2 Å². The van der Waals surface area contributed by atoms with E-state index in [1.54, 1.807) is 6.33 Å². The van der Waals surface area contributed by atoms with Crippen LogP contribution in [0, 0.1) is 0 Å². The molecule has 0 radical (unpaired) electrons. The molecule has 1 saturated heterocycles. The molecule has 130 valence electrons. The molecule has 1 aliphatic rings. The maximum Gasteiger partial charge on any atom is 0.198 e. The first kappa shape index (κ1) is 16.4. The molecule has 0 bridgehead atoms. The fraction of sp³-hybridized carbons (Fsp3) is 0.389. The van der Waals surface area contributed by atoms with E-state index in [0.29, 0.717) is 6.04 Å². The van der Waals surface area contributed by atoms with E-state index in [1.807, 2.05) is 36.1 Å². The normalized spacial score (nSPS) is 18.5. The Hall–Kier alpha value is -2.12. The van der Waals surface area contributed by atoms with Crippen LogP contribution in [0.2, 0.25) is 0 Å². The molecule has 4 heterocycles. The van der Waals surface area contributed by atoms with Gasteiger partial charge in [-0.2, -0.15) is 0 Å². The van der Waals surface area contributed by atoms with Crippen molar-refractivity contribution in [2.24, 2.45) is 7.05 Å². The minimum Gasteiger partial charge on any atom is -0.453 e. The molecule has 1 aliphatic heterocycles. The van der Waals surface area contributed by atoms with E-state index < -0.39 is 0 Å². The van der Waals surface area contributed by atoms with Crippen LogP contribution < -0.4 is 0 Å². The van der Waals surface area contributed by atoms with Gasteiger partial charge in [-0.1, -0.05) is 12.5 Å². The number of rotatable bonds is 5. The van der Waals surface area contributed by atoms with Gasteiger partial charge in [-0.15, -0.1) is 10.2 Å². The van der Waals surface area contributed by atoms with Crippen molar-refractivity contribution in [1.29, 1.82) is 0 Å². The maximum atomic E-state index is 6.02. The second-order valence-corrected chi connectivity index (χ2v) is 7.29. The predicted molar refractivity (Wildman–Crippen MR) is 95.1 cm³/mol. The number of likely N-dealkylation sites (tertiary alicyclic amines) is 1. The highest BCUT2D eigenvalue weighted by Gasteiger charge is 2.25. The van der Waals surface area contributed by atoms with Crippen molar-refractivity contribution >= 4 is 11.8 Å². The summed E-state index contributed by atoms with van der Waals surface area (Å²) in [5.74, 6) is 0.987. The highest BCUT2D eigenvalue weighted by Crippen LogP contribution is 2.33. The molecule has 7 heteroatoms. The van der Waals surface area contributed by atoms with Gasteiger partial charge in [-0.3, -0.25) is 9.88 Å². The summed E-state index contributed by atoms with van der Waals surface area (Å²) in [5.41, 5.74) is 1.29. The molecule has 4 rings (SSSR count). The fourth-order valence-corrected chi connectivity index (χ4v) is 4.03. The van der Waals surface area contributed by atoms with Gasteiger partial charge in [0, 0.05) is 25.5 Å². The van der Waals surface area contributed by atoms with E-state index in [1.165, 1.54) is 36.6 Å². The molecule has 0 amide bonds. The lowest BCUT2D eigenvalue weighted by Gasteiger charge is -2.35. The molecule has 0 saturated carbocycles. The van der Waals surface area contributed by atoms with Crippen LogP contribution in [0.5, 0.6) is 0 Å². The van der Waals surface area contributed by atoms with E-state index in [4.69, 9.17) is 4.42 Å². The minimum absolute atomic E-state index is 0.419. The number of aryl methyl sites for hydroxylation is 1. The van der Waals surface area contributed by atoms with Gasteiger partial charge in [-0.25, -0.2) is 0 Å². The van der Waals surface area contributed by atoms with Gasteiger partial charge >= 0.3 is 0 Å². The first-order chi connectivity index (χ1) is 12.3. The molecule has 0 aliphatic carbocycles. The molecule has 0 spiro atoms. The average Bonchev–Trinajstić information content (AvgIpc) is 3.26. The van der Waals surface area contributed by atoms with E-state index in [2.05, 4.69) is 32.2 Å². The van der Waals surface area contributed by atoms with Crippen LogP contribution in [0.15, 0.2) is 57.7 Å². The zero-order valence-electron chi connectivity index (χ0n) is 14.2. The smallest absolute Gasteiger partial charge is 0.198 e. The lowest BCUT2D eigenvalue weighted by atomic mass is 9.96. The largest absolute Gasteiger partial charge is 0.453 e. The van der Waals surface area contributed by atoms with Crippen LogP contribution in [0.1, 0.15) is 36.6 Å². The Morgan fingerprint density at radius 1 is 1.28 bits per heavy atom. The standard InChI is InChI=1S/C18H21N5OS/c1-22-13-20-21-18(22)25-17-8-7-15(24-17)12-23-10-3-2-6-16(23)14-5-4-9-19-11-14/h4-5,7-9,11,13,16H,2-3,6,10,12H2,1H3. The summed E-state index contributed by atoms with van der Waals surface area (Å²) in [5, 5.41) is 9.66. The van der Waals surface area contributed by atoms with Crippen molar-refractivity contribution in [3.63, 3.8) is 0 Å². The monoisotopic (exact) mass is 355 g/mol. The van der Waals surface area contributed by atoms with E-state index >= 15 is 0 Å². The van der Waals surface area contributed by atoms with E-state index in [0.717, 1.165) is 29.1 Å². The molecule has 1 unspecified atom stereocenters. The molecular formula is C18H21N5OS. The van der Waals surface area contributed by atoms with Crippen LogP contribution in [0.3, 0.4) is 0 Å². The van der Waals surface area contributed by atoms with Crippen LogP contribution in [0.25, 0.3) is 0 Å².